The molecule has 240 valence electrons. The normalized spacial score (nSPS) is 23.0. The average Bonchev–Trinajstić information content (AvgIpc) is 3.36. The minimum Gasteiger partial charge on any atom is -0.493 e. The van der Waals surface area contributed by atoms with E-state index >= 15 is 4.39 Å². The van der Waals surface area contributed by atoms with Crippen molar-refractivity contribution in [2.75, 3.05) is 40.4 Å². The number of carbonyl (C=O) groups is 3. The molecule has 0 radical (unpaired) electrons. The van der Waals surface area contributed by atoms with E-state index in [-0.39, 0.29) is 35.4 Å². The number of hydrogen-bond acceptors (Lipinski definition) is 6. The van der Waals surface area contributed by atoms with Gasteiger partial charge in [0.25, 0.3) is 5.91 Å². The van der Waals surface area contributed by atoms with Crippen LogP contribution in [0.15, 0.2) is 30.5 Å². The summed E-state index contributed by atoms with van der Waals surface area (Å²) in [6, 6.07) is 7.44. The summed E-state index contributed by atoms with van der Waals surface area (Å²) in [5.74, 6) is 0.418. The number of methoxy groups -OCH3 is 2. The van der Waals surface area contributed by atoms with Crippen LogP contribution in [0.4, 0.5) is 4.39 Å². The standard InChI is InChI=1S/C34H42FN5O5/c1-21-11-13-39-28(14-21)37-31(33(39)35)34(43)38-18-23-16-25(20-38)26-7-4-8-29(41)36-12-5-6-24-15-22(9-10-30(42)40(26)19-23)17-27(44-2)32(24)45-3/h11,13-15,17,23,25-26H,4-10,12,16,18-20H2,1-3H3,(H,36,41)/t23-,25-,26-/m0/s1. The summed E-state index contributed by atoms with van der Waals surface area (Å²) in [4.78, 5) is 48.3. The number of aryl methyl sites for hydroxylation is 3. The first-order valence-electron chi connectivity index (χ1n) is 16.0. The van der Waals surface area contributed by atoms with Crippen molar-refractivity contribution in [2.45, 2.75) is 64.3 Å². The molecule has 3 aliphatic rings. The van der Waals surface area contributed by atoms with Crippen LogP contribution >= 0.6 is 0 Å². The predicted molar refractivity (Wildman–Crippen MR) is 166 cm³/mol. The quantitative estimate of drug-likeness (QED) is 0.476. The lowest BCUT2D eigenvalue weighted by Crippen LogP contribution is -2.60. The van der Waals surface area contributed by atoms with Crippen LogP contribution in [0, 0.1) is 24.7 Å². The van der Waals surface area contributed by atoms with Gasteiger partial charge in [0.2, 0.25) is 17.8 Å². The largest absolute Gasteiger partial charge is 0.493 e. The van der Waals surface area contributed by atoms with E-state index in [4.69, 9.17) is 9.47 Å². The molecule has 6 rings (SSSR count). The third-order valence-electron chi connectivity index (χ3n) is 9.59. The molecule has 4 bridgehead atoms. The smallest absolute Gasteiger partial charge is 0.277 e. The van der Waals surface area contributed by atoms with Crippen molar-refractivity contribution in [3.05, 3.63) is 58.8 Å². The van der Waals surface area contributed by atoms with Gasteiger partial charge in [-0.25, -0.2) is 4.98 Å². The molecule has 2 fully saturated rings. The number of halogens is 1. The van der Waals surface area contributed by atoms with Gasteiger partial charge in [0, 0.05) is 51.3 Å². The number of imidazole rings is 1. The van der Waals surface area contributed by atoms with Crippen LogP contribution in [0.5, 0.6) is 11.5 Å². The fourth-order valence-corrected chi connectivity index (χ4v) is 7.47. The number of benzene rings is 1. The number of amides is 3. The zero-order valence-corrected chi connectivity index (χ0v) is 26.3. The van der Waals surface area contributed by atoms with Gasteiger partial charge >= 0.3 is 0 Å². The van der Waals surface area contributed by atoms with Gasteiger partial charge in [-0.1, -0.05) is 6.07 Å². The summed E-state index contributed by atoms with van der Waals surface area (Å²) in [7, 11) is 3.23. The number of carbonyl (C=O) groups excluding carboxylic acids is 3. The highest BCUT2D eigenvalue weighted by Crippen LogP contribution is 2.38. The fraction of sp³-hybridized carbons (Fsp3) is 0.529. The van der Waals surface area contributed by atoms with Gasteiger partial charge in [-0.3, -0.25) is 18.8 Å². The molecule has 0 saturated carbocycles. The van der Waals surface area contributed by atoms with Gasteiger partial charge < -0.3 is 24.6 Å². The van der Waals surface area contributed by atoms with Gasteiger partial charge in [-0.15, -0.1) is 0 Å². The summed E-state index contributed by atoms with van der Waals surface area (Å²) in [5, 5.41) is 3.03. The number of nitrogens with one attached hydrogen (secondary N) is 1. The van der Waals surface area contributed by atoms with E-state index in [0.717, 1.165) is 29.5 Å². The maximum atomic E-state index is 15.3. The summed E-state index contributed by atoms with van der Waals surface area (Å²) in [5.41, 5.74) is 3.17. The monoisotopic (exact) mass is 619 g/mol. The third kappa shape index (κ3) is 6.35. The Morgan fingerprint density at radius 2 is 1.87 bits per heavy atom. The van der Waals surface area contributed by atoms with E-state index in [1.165, 1.54) is 4.40 Å². The Bertz CT molecular complexity index is 1610. The first-order chi connectivity index (χ1) is 21.7. The second-order valence-electron chi connectivity index (χ2n) is 12.7. The van der Waals surface area contributed by atoms with Gasteiger partial charge in [-0.05, 0) is 92.2 Å². The molecule has 3 atom stereocenters. The molecule has 11 heteroatoms. The molecule has 2 saturated heterocycles. The average molecular weight is 620 g/mol. The van der Waals surface area contributed by atoms with Crippen molar-refractivity contribution in [1.82, 2.24) is 24.5 Å². The van der Waals surface area contributed by atoms with Crippen molar-refractivity contribution in [3.8, 4) is 11.5 Å². The Morgan fingerprint density at radius 1 is 1.02 bits per heavy atom. The second kappa shape index (κ2) is 13.1. The highest BCUT2D eigenvalue weighted by molar-refractivity contribution is 5.93. The molecule has 1 aromatic carbocycles. The van der Waals surface area contributed by atoms with Gasteiger partial charge in [0.15, 0.2) is 17.2 Å². The maximum Gasteiger partial charge on any atom is 0.277 e. The fourth-order valence-electron chi connectivity index (χ4n) is 7.47. The summed E-state index contributed by atoms with van der Waals surface area (Å²) in [6.07, 6.45) is 6.54. The summed E-state index contributed by atoms with van der Waals surface area (Å²) in [6.45, 7) is 3.85. The van der Waals surface area contributed by atoms with Crippen LogP contribution in [0.3, 0.4) is 0 Å². The first-order valence-corrected chi connectivity index (χ1v) is 16.0. The lowest BCUT2D eigenvalue weighted by Gasteiger charge is -2.51. The molecule has 0 spiro atoms. The number of pyridine rings is 1. The topological polar surface area (TPSA) is 105 Å². The summed E-state index contributed by atoms with van der Waals surface area (Å²) < 4.78 is 27.9. The molecule has 0 aliphatic carbocycles. The Morgan fingerprint density at radius 3 is 2.67 bits per heavy atom. The Labute approximate surface area is 262 Å². The minimum atomic E-state index is -0.656. The number of ether oxygens (including phenoxy) is 2. The molecule has 0 unspecified atom stereocenters. The first kappa shape index (κ1) is 30.9. The zero-order chi connectivity index (χ0) is 31.7. The molecular formula is C34H42FN5O5. The lowest BCUT2D eigenvalue weighted by molar-refractivity contribution is -0.140. The number of aromatic nitrogens is 2. The van der Waals surface area contributed by atoms with E-state index in [9.17, 15) is 14.4 Å². The highest BCUT2D eigenvalue weighted by Gasteiger charge is 2.44. The van der Waals surface area contributed by atoms with Crippen molar-refractivity contribution in [3.63, 3.8) is 0 Å². The number of nitrogens with zero attached hydrogens (tertiary/aromatic N) is 4. The number of rotatable bonds is 3. The van der Waals surface area contributed by atoms with Gasteiger partial charge in [0.1, 0.15) is 5.65 Å². The molecule has 45 heavy (non-hydrogen) atoms. The second-order valence-corrected chi connectivity index (χ2v) is 12.7. The number of likely N-dealkylation sites (tertiary alicyclic amines) is 1. The van der Waals surface area contributed by atoms with E-state index in [0.29, 0.717) is 81.9 Å². The Balaban J connectivity index is 1.23. The van der Waals surface area contributed by atoms with Crippen LogP contribution in [-0.2, 0) is 22.4 Å². The highest BCUT2D eigenvalue weighted by atomic mass is 19.1. The zero-order valence-electron chi connectivity index (χ0n) is 26.3. The van der Waals surface area contributed by atoms with Crippen molar-refractivity contribution in [2.24, 2.45) is 11.8 Å². The molecule has 1 N–H and O–H groups in total. The predicted octanol–water partition coefficient (Wildman–Crippen LogP) is 3.95. The van der Waals surface area contributed by atoms with Crippen molar-refractivity contribution < 1.29 is 28.2 Å². The van der Waals surface area contributed by atoms with Gasteiger partial charge in [0.05, 0.1) is 14.2 Å². The van der Waals surface area contributed by atoms with Crippen LogP contribution in [0.2, 0.25) is 0 Å². The van der Waals surface area contributed by atoms with Crippen LogP contribution < -0.4 is 14.8 Å². The van der Waals surface area contributed by atoms with E-state index < -0.39 is 11.9 Å². The third-order valence-corrected chi connectivity index (χ3v) is 9.59. The molecule has 3 amide bonds. The SMILES string of the molecule is COc1cc2cc(c1OC)CCCNC(=O)CCC[C@H]1[C@H]3C[C@@H](CN(C(=O)c4nc5cc(C)ccn5c4F)C3)CN1C(=O)CC2. The van der Waals surface area contributed by atoms with E-state index in [1.807, 2.05) is 17.9 Å². The Hall–Kier alpha value is -4.15. The van der Waals surface area contributed by atoms with Crippen molar-refractivity contribution in [1.29, 1.82) is 0 Å². The molecule has 2 aromatic heterocycles. The lowest BCUT2D eigenvalue weighted by atomic mass is 9.77. The number of fused-ring (bicyclic) bond motifs is 7. The maximum absolute atomic E-state index is 15.3. The van der Waals surface area contributed by atoms with E-state index in [2.05, 4.69) is 16.4 Å². The molecule has 3 aliphatic heterocycles. The number of piperidine rings is 2. The number of hydrogen-bond donors (Lipinski definition) is 1. The minimum absolute atomic E-state index is 0.00929. The van der Waals surface area contributed by atoms with Crippen LogP contribution in [0.25, 0.3) is 5.65 Å². The molecule has 3 aromatic rings. The van der Waals surface area contributed by atoms with Crippen LogP contribution in [0.1, 0.15) is 65.7 Å². The summed E-state index contributed by atoms with van der Waals surface area (Å²) >= 11 is 0. The molecular weight excluding hydrogens is 577 g/mol. The van der Waals surface area contributed by atoms with Crippen LogP contribution in [-0.4, -0.2) is 83.3 Å². The Kier molecular flexibility index (Phi) is 8.96. The van der Waals surface area contributed by atoms with Crippen molar-refractivity contribution >= 4 is 23.4 Å². The van der Waals surface area contributed by atoms with E-state index in [1.54, 1.807) is 37.4 Å². The molecule has 10 nitrogen and oxygen atoms in total. The molecule has 5 heterocycles. The van der Waals surface area contributed by atoms with Gasteiger partial charge in [-0.2, -0.15) is 4.39 Å².